The number of nitrogens with zero attached hydrogens (tertiary/aromatic N) is 1. The van der Waals surface area contributed by atoms with Crippen molar-refractivity contribution in [1.29, 1.82) is 0 Å². The first-order valence-electron chi connectivity index (χ1n) is 5.87. The zero-order chi connectivity index (χ0) is 11.3. The zero-order valence-corrected chi connectivity index (χ0v) is 9.48. The number of carboxylic acids is 1. The van der Waals surface area contributed by atoms with Gasteiger partial charge in [-0.05, 0) is 25.8 Å². The quantitative estimate of drug-likeness (QED) is 0.693. The van der Waals surface area contributed by atoms with E-state index in [1.165, 1.54) is 25.7 Å². The fourth-order valence-electron chi connectivity index (χ4n) is 2.30. The van der Waals surface area contributed by atoms with Crippen molar-refractivity contribution in [3.63, 3.8) is 0 Å². The minimum atomic E-state index is -0.891. The lowest BCUT2D eigenvalue weighted by Crippen LogP contribution is -2.39. The summed E-state index contributed by atoms with van der Waals surface area (Å²) in [6.45, 7) is 3.94. The van der Waals surface area contributed by atoms with Crippen LogP contribution < -0.4 is 5.73 Å². The molecule has 0 aromatic heterocycles. The highest BCUT2D eigenvalue weighted by atomic mass is 16.4. The lowest BCUT2D eigenvalue weighted by Gasteiger charge is -2.27. The summed E-state index contributed by atoms with van der Waals surface area (Å²) in [4.78, 5) is 12.9. The maximum Gasteiger partial charge on any atom is 0.320 e. The maximum absolute atomic E-state index is 10.6. The van der Waals surface area contributed by atoms with Crippen LogP contribution in [-0.4, -0.2) is 41.1 Å². The predicted molar refractivity (Wildman–Crippen MR) is 59.7 cm³/mol. The topological polar surface area (TPSA) is 66.6 Å². The lowest BCUT2D eigenvalue weighted by atomic mass is 10.1. The van der Waals surface area contributed by atoms with E-state index < -0.39 is 12.0 Å². The molecule has 0 amide bonds. The Bertz CT molecular complexity index is 203. The SMILES string of the molecule is CCN(CCC(N)C(=O)O)C1CCCC1. The van der Waals surface area contributed by atoms with Crippen LogP contribution in [0.1, 0.15) is 39.0 Å². The number of rotatable bonds is 6. The van der Waals surface area contributed by atoms with Crippen LogP contribution in [0.15, 0.2) is 0 Å². The Hall–Kier alpha value is -0.610. The van der Waals surface area contributed by atoms with Crippen molar-refractivity contribution >= 4 is 5.97 Å². The predicted octanol–water partition coefficient (Wildman–Crippen LogP) is 1.05. The molecule has 0 heterocycles. The fourth-order valence-corrected chi connectivity index (χ4v) is 2.30. The van der Waals surface area contributed by atoms with Gasteiger partial charge in [0.05, 0.1) is 0 Å². The van der Waals surface area contributed by atoms with Crippen molar-refractivity contribution in [2.75, 3.05) is 13.1 Å². The molecule has 1 atom stereocenters. The van der Waals surface area contributed by atoms with Gasteiger partial charge in [0.25, 0.3) is 0 Å². The minimum absolute atomic E-state index is 0.555. The minimum Gasteiger partial charge on any atom is -0.480 e. The average molecular weight is 214 g/mol. The molecule has 0 aromatic carbocycles. The number of hydrogen-bond acceptors (Lipinski definition) is 3. The van der Waals surface area contributed by atoms with Crippen LogP contribution in [0.5, 0.6) is 0 Å². The van der Waals surface area contributed by atoms with Crippen LogP contribution in [0.2, 0.25) is 0 Å². The van der Waals surface area contributed by atoms with Crippen LogP contribution in [0.25, 0.3) is 0 Å². The summed E-state index contributed by atoms with van der Waals surface area (Å²) < 4.78 is 0. The van der Waals surface area contributed by atoms with Crippen LogP contribution in [0.3, 0.4) is 0 Å². The van der Waals surface area contributed by atoms with Gasteiger partial charge in [-0.2, -0.15) is 0 Å². The molecule has 3 N–H and O–H groups in total. The van der Waals surface area contributed by atoms with Gasteiger partial charge in [-0.25, -0.2) is 0 Å². The molecule has 0 aliphatic heterocycles. The molecule has 0 saturated heterocycles. The van der Waals surface area contributed by atoms with E-state index in [1.54, 1.807) is 0 Å². The Balaban J connectivity index is 2.30. The molecule has 1 unspecified atom stereocenters. The molecule has 1 aliphatic carbocycles. The molecule has 1 fully saturated rings. The van der Waals surface area contributed by atoms with Crippen molar-refractivity contribution in [2.24, 2.45) is 5.73 Å². The molecule has 1 rings (SSSR count). The Morgan fingerprint density at radius 3 is 2.60 bits per heavy atom. The van der Waals surface area contributed by atoms with Gasteiger partial charge in [-0.15, -0.1) is 0 Å². The maximum atomic E-state index is 10.6. The monoisotopic (exact) mass is 214 g/mol. The van der Waals surface area contributed by atoms with E-state index in [0.29, 0.717) is 12.5 Å². The third kappa shape index (κ3) is 3.80. The first-order valence-corrected chi connectivity index (χ1v) is 5.87. The summed E-state index contributed by atoms with van der Waals surface area (Å²) >= 11 is 0. The van der Waals surface area contributed by atoms with Crippen molar-refractivity contribution in [3.8, 4) is 0 Å². The van der Waals surface area contributed by atoms with Gasteiger partial charge in [0, 0.05) is 12.6 Å². The highest BCUT2D eigenvalue weighted by Crippen LogP contribution is 2.23. The van der Waals surface area contributed by atoms with Gasteiger partial charge in [-0.1, -0.05) is 19.8 Å². The summed E-state index contributed by atoms with van der Waals surface area (Å²) in [5.74, 6) is -0.891. The lowest BCUT2D eigenvalue weighted by molar-refractivity contribution is -0.138. The van der Waals surface area contributed by atoms with Crippen LogP contribution >= 0.6 is 0 Å². The van der Waals surface area contributed by atoms with E-state index in [-0.39, 0.29) is 0 Å². The number of carbonyl (C=O) groups is 1. The molecule has 88 valence electrons. The standard InChI is InChI=1S/C11H22N2O2/c1-2-13(9-5-3-4-6-9)8-7-10(12)11(14)15/h9-10H,2-8,12H2,1H3,(H,14,15). The highest BCUT2D eigenvalue weighted by molar-refractivity contribution is 5.72. The third-order valence-corrected chi connectivity index (χ3v) is 3.29. The van der Waals surface area contributed by atoms with Gasteiger partial charge >= 0.3 is 5.97 Å². The first-order chi connectivity index (χ1) is 7.15. The van der Waals surface area contributed by atoms with Gasteiger partial charge < -0.3 is 15.7 Å². The van der Waals surface area contributed by atoms with Crippen molar-refractivity contribution < 1.29 is 9.90 Å². The number of hydrogen-bond donors (Lipinski definition) is 2. The summed E-state index contributed by atoms with van der Waals surface area (Å²) in [6, 6.07) is -0.0450. The highest BCUT2D eigenvalue weighted by Gasteiger charge is 2.22. The molecule has 0 radical (unpaired) electrons. The molecule has 0 bridgehead atoms. The Labute approximate surface area is 91.4 Å². The largest absolute Gasteiger partial charge is 0.480 e. The van der Waals surface area contributed by atoms with Crippen LogP contribution in [0.4, 0.5) is 0 Å². The summed E-state index contributed by atoms with van der Waals surface area (Å²) in [5, 5.41) is 8.69. The Morgan fingerprint density at radius 2 is 2.13 bits per heavy atom. The molecule has 0 spiro atoms. The van der Waals surface area contributed by atoms with E-state index in [9.17, 15) is 4.79 Å². The van der Waals surface area contributed by atoms with E-state index >= 15 is 0 Å². The van der Waals surface area contributed by atoms with Gasteiger partial charge in [0.15, 0.2) is 0 Å². The van der Waals surface area contributed by atoms with E-state index in [1.807, 2.05) is 0 Å². The Morgan fingerprint density at radius 1 is 1.53 bits per heavy atom. The van der Waals surface area contributed by atoms with E-state index in [0.717, 1.165) is 13.1 Å². The molecule has 1 saturated carbocycles. The summed E-state index contributed by atoms with van der Waals surface area (Å²) in [5.41, 5.74) is 5.49. The molecule has 4 heteroatoms. The number of nitrogens with two attached hydrogens (primary N) is 1. The summed E-state index contributed by atoms with van der Waals surface area (Å²) in [7, 11) is 0. The van der Waals surface area contributed by atoms with E-state index in [2.05, 4.69) is 11.8 Å². The molecule has 4 nitrogen and oxygen atoms in total. The zero-order valence-electron chi connectivity index (χ0n) is 9.48. The van der Waals surface area contributed by atoms with E-state index in [4.69, 9.17) is 10.8 Å². The molecular weight excluding hydrogens is 192 g/mol. The van der Waals surface area contributed by atoms with Gasteiger partial charge in [0.2, 0.25) is 0 Å². The molecule has 1 aliphatic rings. The first kappa shape index (κ1) is 12.5. The van der Waals surface area contributed by atoms with Crippen molar-refractivity contribution in [3.05, 3.63) is 0 Å². The number of carboxylic acid groups (broad SMARTS) is 1. The smallest absolute Gasteiger partial charge is 0.320 e. The van der Waals surface area contributed by atoms with Crippen LogP contribution in [0, 0.1) is 0 Å². The molecule has 0 aromatic rings. The normalized spacial score (nSPS) is 19.7. The molecule has 15 heavy (non-hydrogen) atoms. The van der Waals surface area contributed by atoms with Gasteiger partial charge in [0.1, 0.15) is 6.04 Å². The third-order valence-electron chi connectivity index (χ3n) is 3.29. The fraction of sp³-hybridized carbons (Fsp3) is 0.909. The second-order valence-corrected chi connectivity index (χ2v) is 4.30. The Kier molecular flexibility index (Phi) is 5.05. The van der Waals surface area contributed by atoms with Crippen LogP contribution in [-0.2, 0) is 4.79 Å². The average Bonchev–Trinajstić information content (AvgIpc) is 2.71. The second kappa shape index (κ2) is 6.08. The van der Waals surface area contributed by atoms with Crippen molar-refractivity contribution in [2.45, 2.75) is 51.1 Å². The summed E-state index contributed by atoms with van der Waals surface area (Å²) in [6.07, 6.45) is 5.70. The molecular formula is C11H22N2O2. The van der Waals surface area contributed by atoms with Gasteiger partial charge in [-0.3, -0.25) is 4.79 Å². The second-order valence-electron chi connectivity index (χ2n) is 4.30. The van der Waals surface area contributed by atoms with Crippen molar-refractivity contribution in [1.82, 2.24) is 4.90 Å². The number of aliphatic carboxylic acids is 1.